The highest BCUT2D eigenvalue weighted by molar-refractivity contribution is 7.47. The minimum absolute atomic E-state index is 0.0278. The van der Waals surface area contributed by atoms with Crippen LogP contribution in [0.3, 0.4) is 0 Å². The number of nitrogens with two attached hydrogens (primary N) is 2. The van der Waals surface area contributed by atoms with E-state index in [0.717, 1.165) is 19.3 Å². The van der Waals surface area contributed by atoms with E-state index < -0.39 is 43.3 Å². The molecule has 10 heteroatoms. The van der Waals surface area contributed by atoms with Gasteiger partial charge < -0.3 is 31.7 Å². The highest BCUT2D eigenvalue weighted by Gasteiger charge is 2.49. The van der Waals surface area contributed by atoms with Crippen molar-refractivity contribution in [2.45, 2.75) is 160 Å². The molecule has 0 aromatic rings. The lowest BCUT2D eigenvalue weighted by Gasteiger charge is -2.49. The molecule has 0 amide bonds. The van der Waals surface area contributed by atoms with Crippen molar-refractivity contribution in [2.75, 3.05) is 6.61 Å². The fraction of sp³-hybridized carbons (Fsp3) is 1.00. The quantitative estimate of drug-likeness (QED) is 0.0805. The van der Waals surface area contributed by atoms with Gasteiger partial charge in [0, 0.05) is 11.1 Å². The van der Waals surface area contributed by atoms with E-state index in [4.69, 9.17) is 20.5 Å². The van der Waals surface area contributed by atoms with Crippen molar-refractivity contribution in [3.8, 4) is 0 Å². The molecule has 0 spiro atoms. The average molecular weight is 541 g/mol. The summed E-state index contributed by atoms with van der Waals surface area (Å²) in [6.07, 6.45) is 8.54. The number of hydrogen-bond acceptors (Lipinski definition) is 8. The average Bonchev–Trinajstić information content (AvgIpc) is 2.69. The lowest BCUT2D eigenvalue weighted by Crippen LogP contribution is -2.69. The van der Waals surface area contributed by atoms with Crippen molar-refractivity contribution < 1.29 is 33.8 Å². The third-order valence-electron chi connectivity index (χ3n) is 6.69. The first-order valence-electron chi connectivity index (χ1n) is 13.9. The van der Waals surface area contributed by atoms with Gasteiger partial charge in [-0.3, -0.25) is 9.05 Å². The van der Waals surface area contributed by atoms with Gasteiger partial charge in [-0.05, 0) is 59.8 Å². The van der Waals surface area contributed by atoms with E-state index in [1.54, 1.807) is 27.7 Å². The number of phosphoric acid groups is 1. The first kappa shape index (κ1) is 35.9. The first-order chi connectivity index (χ1) is 16.7. The second-order valence-corrected chi connectivity index (χ2v) is 12.5. The van der Waals surface area contributed by atoms with Gasteiger partial charge in [-0.15, -0.1) is 0 Å². The number of aliphatic hydroxyl groups excluding tert-OH is 3. The Balaban J connectivity index is 4.77. The van der Waals surface area contributed by atoms with Crippen LogP contribution in [0.5, 0.6) is 0 Å². The summed E-state index contributed by atoms with van der Waals surface area (Å²) in [5.41, 5.74) is 10.8. The summed E-state index contributed by atoms with van der Waals surface area (Å²) >= 11 is 0. The topological polar surface area (TPSA) is 168 Å². The fourth-order valence-corrected chi connectivity index (χ4v) is 6.09. The van der Waals surface area contributed by atoms with Crippen LogP contribution in [0.1, 0.15) is 125 Å². The molecule has 0 saturated carbocycles. The second kappa shape index (κ2) is 18.2. The predicted molar refractivity (Wildman–Crippen MR) is 146 cm³/mol. The van der Waals surface area contributed by atoms with E-state index in [0.29, 0.717) is 6.42 Å². The molecule has 0 radical (unpaired) electrons. The number of aliphatic hydroxyl groups is 3. The summed E-state index contributed by atoms with van der Waals surface area (Å²) in [6, 6.07) is 0. The minimum Gasteiger partial charge on any atom is -0.393 e. The lowest BCUT2D eigenvalue weighted by atomic mass is 9.66. The van der Waals surface area contributed by atoms with Crippen molar-refractivity contribution in [3.63, 3.8) is 0 Å². The lowest BCUT2D eigenvalue weighted by molar-refractivity contribution is 0.0106. The van der Waals surface area contributed by atoms with Gasteiger partial charge in [-0.1, -0.05) is 64.7 Å². The molecule has 0 aliphatic rings. The van der Waals surface area contributed by atoms with Gasteiger partial charge in [0.1, 0.15) is 0 Å². The molecular formula is C26H57N2O7P. The van der Waals surface area contributed by atoms with Crippen LogP contribution in [-0.4, -0.2) is 62.3 Å². The molecule has 0 aliphatic carbocycles. The molecule has 36 heavy (non-hydrogen) atoms. The van der Waals surface area contributed by atoms with E-state index in [-0.39, 0.29) is 32.3 Å². The smallest absolute Gasteiger partial charge is 0.393 e. The van der Waals surface area contributed by atoms with Crippen LogP contribution in [-0.2, 0) is 13.6 Å². The molecule has 0 aromatic carbocycles. The van der Waals surface area contributed by atoms with E-state index in [1.165, 1.54) is 38.5 Å². The summed E-state index contributed by atoms with van der Waals surface area (Å²) in [5.74, 6) is 0. The number of unbranched alkanes of at least 4 members (excludes halogenated alkanes) is 9. The highest BCUT2D eigenvalue weighted by atomic mass is 31.2. The van der Waals surface area contributed by atoms with Gasteiger partial charge >= 0.3 is 7.82 Å². The summed E-state index contributed by atoms with van der Waals surface area (Å²) in [4.78, 5) is 10.2. The molecule has 0 saturated heterocycles. The first-order valence-corrected chi connectivity index (χ1v) is 15.4. The van der Waals surface area contributed by atoms with Crippen molar-refractivity contribution in [3.05, 3.63) is 0 Å². The van der Waals surface area contributed by atoms with Gasteiger partial charge in [-0.25, -0.2) is 4.57 Å². The number of hydrogen-bond donors (Lipinski definition) is 6. The van der Waals surface area contributed by atoms with Crippen LogP contribution in [0.2, 0.25) is 0 Å². The Labute approximate surface area is 219 Å². The van der Waals surface area contributed by atoms with Crippen molar-refractivity contribution >= 4 is 7.82 Å². The maximum Gasteiger partial charge on any atom is 0.472 e. The molecule has 6 unspecified atom stereocenters. The van der Waals surface area contributed by atoms with E-state index in [9.17, 15) is 24.8 Å². The van der Waals surface area contributed by atoms with Gasteiger partial charge in [-0.2, -0.15) is 0 Å². The van der Waals surface area contributed by atoms with E-state index >= 15 is 0 Å². The molecule has 0 heterocycles. The van der Waals surface area contributed by atoms with Gasteiger partial charge in [0.15, 0.2) is 0 Å². The maximum absolute atomic E-state index is 12.5. The SMILES string of the molecule is CCCCCCCCCCCCOP(=O)(O)OC(C)CC(N)(CC(C)O)C(N)(CC(C)O)CC(C)O. The van der Waals surface area contributed by atoms with Crippen LogP contribution in [0, 0.1) is 0 Å². The van der Waals surface area contributed by atoms with Crippen LogP contribution < -0.4 is 11.5 Å². The standard InChI is InChI=1S/C26H57N2O7P/c1-6-7-8-9-10-11-12-13-14-15-16-34-36(32,33)35-24(5)20-26(28,19-23(4)31)25(27,17-21(2)29)18-22(3)30/h21-24,29-31H,6-20,27-28H2,1-5H3,(H,32,33). The van der Waals surface area contributed by atoms with Crippen molar-refractivity contribution in [1.82, 2.24) is 0 Å². The summed E-state index contributed by atoms with van der Waals surface area (Å²) in [7, 11) is -4.31. The Kier molecular flexibility index (Phi) is 18.2. The molecule has 0 fully saturated rings. The van der Waals surface area contributed by atoms with Gasteiger partial charge in [0.25, 0.3) is 0 Å². The third kappa shape index (κ3) is 16.0. The van der Waals surface area contributed by atoms with E-state index in [2.05, 4.69) is 6.92 Å². The second-order valence-electron chi connectivity index (χ2n) is 11.1. The Hall–Kier alpha value is -0.0900. The van der Waals surface area contributed by atoms with Crippen LogP contribution in [0.25, 0.3) is 0 Å². The fourth-order valence-electron chi connectivity index (χ4n) is 5.14. The van der Waals surface area contributed by atoms with Crippen LogP contribution in [0.15, 0.2) is 0 Å². The zero-order chi connectivity index (χ0) is 27.8. The number of rotatable bonds is 23. The zero-order valence-corrected chi connectivity index (χ0v) is 24.4. The predicted octanol–water partition coefficient (Wildman–Crippen LogP) is 4.53. The molecule has 8 N–H and O–H groups in total. The Bertz CT molecular complexity index is 597. The minimum atomic E-state index is -4.31. The summed E-state index contributed by atoms with van der Waals surface area (Å²) < 4.78 is 23.0. The summed E-state index contributed by atoms with van der Waals surface area (Å²) in [6.45, 7) is 8.67. The highest BCUT2D eigenvalue weighted by Crippen LogP contribution is 2.46. The van der Waals surface area contributed by atoms with Crippen LogP contribution >= 0.6 is 7.82 Å². The van der Waals surface area contributed by atoms with Crippen LogP contribution in [0.4, 0.5) is 0 Å². The molecule has 218 valence electrons. The molecule has 0 rings (SSSR count). The summed E-state index contributed by atoms with van der Waals surface area (Å²) in [5, 5.41) is 30.2. The Morgan fingerprint density at radius 1 is 0.694 bits per heavy atom. The molecule has 0 aliphatic heterocycles. The molecule has 6 atom stereocenters. The molecule has 0 bridgehead atoms. The number of phosphoric ester groups is 1. The largest absolute Gasteiger partial charge is 0.472 e. The molecule has 9 nitrogen and oxygen atoms in total. The third-order valence-corrected chi connectivity index (χ3v) is 7.82. The molecule has 0 aromatic heterocycles. The van der Waals surface area contributed by atoms with Crippen molar-refractivity contribution in [2.24, 2.45) is 11.5 Å². The van der Waals surface area contributed by atoms with Gasteiger partial charge in [0.2, 0.25) is 0 Å². The maximum atomic E-state index is 12.5. The Morgan fingerprint density at radius 2 is 1.06 bits per heavy atom. The van der Waals surface area contributed by atoms with Gasteiger partial charge in [0.05, 0.1) is 31.0 Å². The van der Waals surface area contributed by atoms with Crippen molar-refractivity contribution in [1.29, 1.82) is 0 Å². The monoisotopic (exact) mass is 540 g/mol. The molecular weight excluding hydrogens is 483 g/mol. The normalized spacial score (nSPS) is 20.6. The Morgan fingerprint density at radius 3 is 1.44 bits per heavy atom. The van der Waals surface area contributed by atoms with E-state index in [1.807, 2.05) is 0 Å². The zero-order valence-electron chi connectivity index (χ0n) is 23.5.